The van der Waals surface area contributed by atoms with Gasteiger partial charge in [-0.05, 0) is 18.2 Å². The van der Waals surface area contributed by atoms with Gasteiger partial charge < -0.3 is 14.8 Å². The van der Waals surface area contributed by atoms with E-state index in [-0.39, 0.29) is 5.91 Å². The summed E-state index contributed by atoms with van der Waals surface area (Å²) in [5, 5.41) is 9.76. The summed E-state index contributed by atoms with van der Waals surface area (Å²) in [6.45, 7) is 0. The Hall–Kier alpha value is -2.80. The molecular formula is C18H16BrN3O3. The SMILES string of the molecule is COc1cc(NC(=O)c2cc(-c3ccc(Br)cc3)n[nH]2)cc(OC)c1. The van der Waals surface area contributed by atoms with Gasteiger partial charge in [0.05, 0.1) is 19.9 Å². The highest BCUT2D eigenvalue weighted by atomic mass is 79.9. The van der Waals surface area contributed by atoms with Crippen molar-refractivity contribution in [3.63, 3.8) is 0 Å². The second kappa shape index (κ2) is 7.40. The zero-order valence-corrected chi connectivity index (χ0v) is 15.3. The molecule has 0 bridgehead atoms. The van der Waals surface area contributed by atoms with Gasteiger partial charge in [0.1, 0.15) is 17.2 Å². The minimum Gasteiger partial charge on any atom is -0.497 e. The predicted molar refractivity (Wildman–Crippen MR) is 99.2 cm³/mol. The molecule has 7 heteroatoms. The number of hydrogen-bond donors (Lipinski definition) is 2. The number of halogens is 1. The lowest BCUT2D eigenvalue weighted by Gasteiger charge is -2.09. The van der Waals surface area contributed by atoms with Gasteiger partial charge in [0, 0.05) is 33.9 Å². The summed E-state index contributed by atoms with van der Waals surface area (Å²) in [7, 11) is 3.11. The minimum atomic E-state index is -0.300. The molecular weight excluding hydrogens is 386 g/mol. The Morgan fingerprint density at radius 2 is 1.68 bits per heavy atom. The molecule has 0 aliphatic heterocycles. The van der Waals surface area contributed by atoms with E-state index in [9.17, 15) is 4.79 Å². The van der Waals surface area contributed by atoms with Crippen molar-refractivity contribution in [2.75, 3.05) is 19.5 Å². The van der Waals surface area contributed by atoms with Crippen molar-refractivity contribution in [3.05, 3.63) is 58.7 Å². The van der Waals surface area contributed by atoms with E-state index >= 15 is 0 Å². The van der Waals surface area contributed by atoms with Crippen molar-refractivity contribution in [2.45, 2.75) is 0 Å². The van der Waals surface area contributed by atoms with Crippen LogP contribution in [0.15, 0.2) is 53.0 Å². The number of carbonyl (C=O) groups excluding carboxylic acids is 1. The number of nitrogens with zero attached hydrogens (tertiary/aromatic N) is 1. The highest BCUT2D eigenvalue weighted by Crippen LogP contribution is 2.26. The number of rotatable bonds is 5. The quantitative estimate of drug-likeness (QED) is 0.674. The Bertz CT molecular complexity index is 869. The Morgan fingerprint density at radius 1 is 1.04 bits per heavy atom. The lowest BCUT2D eigenvalue weighted by atomic mass is 10.1. The number of benzene rings is 2. The van der Waals surface area contributed by atoms with E-state index in [1.807, 2.05) is 24.3 Å². The number of anilines is 1. The number of amides is 1. The largest absolute Gasteiger partial charge is 0.497 e. The molecule has 1 aromatic heterocycles. The smallest absolute Gasteiger partial charge is 0.273 e. The summed E-state index contributed by atoms with van der Waals surface area (Å²) in [5.41, 5.74) is 2.54. The van der Waals surface area contributed by atoms with E-state index in [0.29, 0.717) is 28.6 Å². The van der Waals surface area contributed by atoms with Crippen LogP contribution in [0.3, 0.4) is 0 Å². The van der Waals surface area contributed by atoms with Crippen molar-refractivity contribution in [1.29, 1.82) is 0 Å². The maximum absolute atomic E-state index is 12.4. The molecule has 0 saturated heterocycles. The van der Waals surface area contributed by atoms with Crippen LogP contribution in [-0.2, 0) is 0 Å². The van der Waals surface area contributed by atoms with Crippen LogP contribution in [0, 0.1) is 0 Å². The molecule has 128 valence electrons. The first-order valence-electron chi connectivity index (χ1n) is 7.45. The van der Waals surface area contributed by atoms with Crippen LogP contribution in [0.1, 0.15) is 10.5 Å². The maximum Gasteiger partial charge on any atom is 0.273 e. The van der Waals surface area contributed by atoms with Gasteiger partial charge in [-0.2, -0.15) is 5.10 Å². The average Bonchev–Trinajstić information content (AvgIpc) is 3.12. The Balaban J connectivity index is 1.79. The zero-order chi connectivity index (χ0) is 17.8. The van der Waals surface area contributed by atoms with Gasteiger partial charge in [-0.15, -0.1) is 0 Å². The number of H-pyrrole nitrogens is 1. The summed E-state index contributed by atoms with van der Waals surface area (Å²) in [6.07, 6.45) is 0. The van der Waals surface area contributed by atoms with E-state index in [4.69, 9.17) is 9.47 Å². The standard InChI is InChI=1S/C18H16BrN3O3/c1-24-14-7-13(8-15(9-14)25-2)20-18(23)17-10-16(21-22-17)11-3-5-12(19)6-4-11/h3-10H,1-2H3,(H,20,23)(H,21,22). The van der Waals surface area contributed by atoms with Gasteiger partial charge in [-0.25, -0.2) is 0 Å². The lowest BCUT2D eigenvalue weighted by Crippen LogP contribution is -2.12. The fraction of sp³-hybridized carbons (Fsp3) is 0.111. The van der Waals surface area contributed by atoms with E-state index in [0.717, 1.165) is 10.0 Å². The number of methoxy groups -OCH3 is 2. The van der Waals surface area contributed by atoms with Crippen molar-refractivity contribution >= 4 is 27.5 Å². The molecule has 0 aliphatic carbocycles. The molecule has 0 saturated carbocycles. The molecule has 0 aliphatic rings. The van der Waals surface area contributed by atoms with E-state index < -0.39 is 0 Å². The van der Waals surface area contributed by atoms with Gasteiger partial charge in [0.15, 0.2) is 0 Å². The van der Waals surface area contributed by atoms with Crippen LogP contribution >= 0.6 is 15.9 Å². The van der Waals surface area contributed by atoms with Gasteiger partial charge in [-0.3, -0.25) is 9.89 Å². The predicted octanol–water partition coefficient (Wildman–Crippen LogP) is 4.11. The van der Waals surface area contributed by atoms with E-state index in [1.165, 1.54) is 0 Å². The number of hydrogen-bond acceptors (Lipinski definition) is 4. The van der Waals surface area contributed by atoms with Gasteiger partial charge in [0.2, 0.25) is 0 Å². The number of aromatic amines is 1. The summed E-state index contributed by atoms with van der Waals surface area (Å²) in [5.74, 6) is 0.885. The topological polar surface area (TPSA) is 76.2 Å². The molecule has 0 fully saturated rings. The van der Waals surface area contributed by atoms with Crippen LogP contribution in [0.5, 0.6) is 11.5 Å². The molecule has 2 aromatic carbocycles. The molecule has 0 unspecified atom stereocenters. The van der Waals surface area contributed by atoms with E-state index in [2.05, 4.69) is 31.4 Å². The first-order valence-corrected chi connectivity index (χ1v) is 8.24. The summed E-state index contributed by atoms with van der Waals surface area (Å²) >= 11 is 3.39. The normalized spacial score (nSPS) is 10.4. The highest BCUT2D eigenvalue weighted by molar-refractivity contribution is 9.10. The molecule has 0 radical (unpaired) electrons. The second-order valence-corrected chi connectivity index (χ2v) is 6.14. The molecule has 3 aromatic rings. The third kappa shape index (κ3) is 4.00. The van der Waals surface area contributed by atoms with Crippen molar-refractivity contribution < 1.29 is 14.3 Å². The summed E-state index contributed by atoms with van der Waals surface area (Å²) < 4.78 is 11.4. The third-order valence-corrected chi connectivity index (χ3v) is 4.10. The fourth-order valence-electron chi connectivity index (χ4n) is 2.28. The van der Waals surface area contributed by atoms with Gasteiger partial charge >= 0.3 is 0 Å². The Kier molecular flexibility index (Phi) is 5.04. The van der Waals surface area contributed by atoms with Gasteiger partial charge in [0.25, 0.3) is 5.91 Å². The van der Waals surface area contributed by atoms with Crippen molar-refractivity contribution in [3.8, 4) is 22.8 Å². The fourth-order valence-corrected chi connectivity index (χ4v) is 2.55. The Labute approximate surface area is 153 Å². The van der Waals surface area contributed by atoms with Crippen molar-refractivity contribution in [1.82, 2.24) is 10.2 Å². The van der Waals surface area contributed by atoms with Crippen LogP contribution in [-0.4, -0.2) is 30.3 Å². The summed E-state index contributed by atoms with van der Waals surface area (Å²) in [6, 6.07) is 14.6. The molecule has 3 rings (SSSR count). The number of aromatic nitrogens is 2. The molecule has 2 N–H and O–H groups in total. The van der Waals surface area contributed by atoms with Crippen LogP contribution < -0.4 is 14.8 Å². The molecule has 0 spiro atoms. The van der Waals surface area contributed by atoms with Gasteiger partial charge in [-0.1, -0.05) is 28.1 Å². The van der Waals surface area contributed by atoms with Crippen LogP contribution in [0.4, 0.5) is 5.69 Å². The number of carbonyl (C=O) groups is 1. The average molecular weight is 402 g/mol. The highest BCUT2D eigenvalue weighted by Gasteiger charge is 2.12. The number of ether oxygens (including phenoxy) is 2. The lowest BCUT2D eigenvalue weighted by molar-refractivity contribution is 0.102. The third-order valence-electron chi connectivity index (χ3n) is 3.57. The summed E-state index contributed by atoms with van der Waals surface area (Å²) in [4.78, 5) is 12.4. The zero-order valence-electron chi connectivity index (χ0n) is 13.7. The monoisotopic (exact) mass is 401 g/mol. The maximum atomic E-state index is 12.4. The van der Waals surface area contributed by atoms with Crippen molar-refractivity contribution in [2.24, 2.45) is 0 Å². The van der Waals surface area contributed by atoms with Crippen LogP contribution in [0.2, 0.25) is 0 Å². The van der Waals surface area contributed by atoms with E-state index in [1.54, 1.807) is 38.5 Å². The molecule has 25 heavy (non-hydrogen) atoms. The molecule has 1 amide bonds. The van der Waals surface area contributed by atoms with Crippen LogP contribution in [0.25, 0.3) is 11.3 Å². The first-order chi connectivity index (χ1) is 12.1. The number of nitrogens with one attached hydrogen (secondary N) is 2. The first kappa shape index (κ1) is 17.0. The minimum absolute atomic E-state index is 0.300. The molecule has 1 heterocycles. The molecule has 6 nitrogen and oxygen atoms in total. The molecule has 0 atom stereocenters. The Morgan fingerprint density at radius 3 is 2.28 bits per heavy atom. The second-order valence-electron chi connectivity index (χ2n) is 5.23.